The Kier molecular flexibility index (Phi) is 4.33. The van der Waals surface area contributed by atoms with Crippen LogP contribution in [0.3, 0.4) is 0 Å². The van der Waals surface area contributed by atoms with Gasteiger partial charge in [-0.1, -0.05) is 30.7 Å². The molecule has 0 spiro atoms. The van der Waals surface area contributed by atoms with Crippen LogP contribution >= 0.6 is 11.6 Å². The zero-order valence-electron chi connectivity index (χ0n) is 16.4. The molecule has 0 aliphatic carbocycles. The van der Waals surface area contributed by atoms with Gasteiger partial charge in [0.25, 0.3) is 0 Å². The van der Waals surface area contributed by atoms with E-state index >= 15 is 0 Å². The lowest BCUT2D eigenvalue weighted by atomic mass is 9.91. The summed E-state index contributed by atoms with van der Waals surface area (Å²) in [5, 5.41) is 1.50. The number of hydrogen-bond donors (Lipinski definition) is 1. The fourth-order valence-corrected chi connectivity index (χ4v) is 4.51. The molecule has 0 bridgehead atoms. The molecule has 2 N–H and O–H groups in total. The molecule has 0 amide bonds. The van der Waals surface area contributed by atoms with Crippen molar-refractivity contribution in [3.63, 3.8) is 0 Å². The first kappa shape index (κ1) is 18.8. The van der Waals surface area contributed by atoms with Crippen molar-refractivity contribution < 1.29 is 14.2 Å². The molecule has 2 aromatic heterocycles. The molecule has 29 heavy (non-hydrogen) atoms. The Morgan fingerprint density at radius 3 is 2.59 bits per heavy atom. The molecule has 1 unspecified atom stereocenters. The predicted molar refractivity (Wildman–Crippen MR) is 110 cm³/mol. The van der Waals surface area contributed by atoms with E-state index in [2.05, 4.69) is 16.9 Å². The van der Waals surface area contributed by atoms with Crippen molar-refractivity contribution in [1.29, 1.82) is 0 Å². The minimum absolute atomic E-state index is 0.0868. The van der Waals surface area contributed by atoms with E-state index in [0.29, 0.717) is 16.5 Å². The summed E-state index contributed by atoms with van der Waals surface area (Å²) in [5.41, 5.74) is 7.86. The van der Waals surface area contributed by atoms with Gasteiger partial charge in [-0.05, 0) is 37.6 Å². The largest absolute Gasteiger partial charge is 0.383 e. The fourth-order valence-electron chi connectivity index (χ4n) is 4.39. The van der Waals surface area contributed by atoms with E-state index in [0.717, 1.165) is 10.9 Å². The van der Waals surface area contributed by atoms with E-state index in [1.165, 1.54) is 6.33 Å². The quantitative estimate of drug-likeness (QED) is 0.699. The van der Waals surface area contributed by atoms with E-state index in [1.54, 1.807) is 0 Å². The summed E-state index contributed by atoms with van der Waals surface area (Å²) < 4.78 is 21.0. The maximum atomic E-state index is 6.54. The minimum atomic E-state index is -0.688. The molecule has 4 heterocycles. The standard InChI is InChI=1S/C21H23ClN4O3/c1-11(12-4-6-13(22)7-5-12)15-16-17(29-21(2,3)28-16)20(27-15)26-9-8-14-18(23)24-10-25-19(14)26/h4-11,15-17,20H,1-3H3,(H2,23,24,25)/t11?,15-,16-,17-,20-/m1/s1. The number of nitrogens with two attached hydrogens (primary N) is 1. The Hall–Kier alpha value is -2.19. The van der Waals surface area contributed by atoms with Gasteiger partial charge in [-0.2, -0.15) is 0 Å². The molecule has 2 aliphatic heterocycles. The Balaban J connectivity index is 1.53. The molecule has 152 valence electrons. The average Bonchev–Trinajstić information content (AvgIpc) is 3.33. The summed E-state index contributed by atoms with van der Waals surface area (Å²) in [5.74, 6) is -0.158. The summed E-state index contributed by atoms with van der Waals surface area (Å²) in [6, 6.07) is 9.75. The van der Waals surface area contributed by atoms with Gasteiger partial charge in [-0.15, -0.1) is 0 Å². The van der Waals surface area contributed by atoms with Crippen LogP contribution < -0.4 is 5.73 Å². The molecular formula is C21H23ClN4O3. The molecule has 3 aromatic rings. The van der Waals surface area contributed by atoms with Crippen LogP contribution in [0.1, 0.15) is 38.5 Å². The number of ether oxygens (including phenoxy) is 3. The lowest BCUT2D eigenvalue weighted by molar-refractivity contribution is -0.198. The van der Waals surface area contributed by atoms with Crippen molar-refractivity contribution >= 4 is 28.5 Å². The second kappa shape index (κ2) is 6.67. The highest BCUT2D eigenvalue weighted by Gasteiger charge is 2.57. The van der Waals surface area contributed by atoms with Crippen LogP contribution in [-0.4, -0.2) is 38.6 Å². The monoisotopic (exact) mass is 414 g/mol. The van der Waals surface area contributed by atoms with E-state index in [4.69, 9.17) is 31.5 Å². The molecule has 7 nitrogen and oxygen atoms in total. The first-order valence-corrected chi connectivity index (χ1v) is 10.1. The number of anilines is 1. The molecule has 2 aliphatic rings. The number of rotatable bonds is 3. The van der Waals surface area contributed by atoms with Crippen molar-refractivity contribution in [3.8, 4) is 0 Å². The van der Waals surface area contributed by atoms with Crippen LogP contribution in [0.5, 0.6) is 0 Å². The van der Waals surface area contributed by atoms with Crippen LogP contribution in [0.2, 0.25) is 5.02 Å². The van der Waals surface area contributed by atoms with Crippen LogP contribution in [0.15, 0.2) is 42.9 Å². The second-order valence-electron chi connectivity index (χ2n) is 8.12. The van der Waals surface area contributed by atoms with E-state index in [-0.39, 0.29) is 30.5 Å². The lowest BCUT2D eigenvalue weighted by Gasteiger charge is -2.28. The van der Waals surface area contributed by atoms with Crippen molar-refractivity contribution in [2.75, 3.05) is 5.73 Å². The number of aromatic nitrogens is 3. The van der Waals surface area contributed by atoms with Gasteiger partial charge in [-0.3, -0.25) is 0 Å². The van der Waals surface area contributed by atoms with E-state index in [9.17, 15) is 0 Å². The number of fused-ring (bicyclic) bond motifs is 2. The smallest absolute Gasteiger partial charge is 0.164 e. The Morgan fingerprint density at radius 1 is 1.10 bits per heavy atom. The Morgan fingerprint density at radius 2 is 1.83 bits per heavy atom. The molecule has 5 atom stereocenters. The van der Waals surface area contributed by atoms with Crippen LogP contribution in [-0.2, 0) is 14.2 Å². The maximum Gasteiger partial charge on any atom is 0.164 e. The van der Waals surface area contributed by atoms with Crippen LogP contribution in [0.25, 0.3) is 11.0 Å². The van der Waals surface area contributed by atoms with Crippen molar-refractivity contribution in [2.45, 2.75) is 57.0 Å². The van der Waals surface area contributed by atoms with Crippen LogP contribution in [0, 0.1) is 0 Å². The lowest BCUT2D eigenvalue weighted by Crippen LogP contribution is -2.33. The third kappa shape index (κ3) is 3.09. The van der Waals surface area contributed by atoms with Gasteiger partial charge >= 0.3 is 0 Å². The van der Waals surface area contributed by atoms with Gasteiger partial charge in [0.1, 0.15) is 30.0 Å². The van der Waals surface area contributed by atoms with Gasteiger partial charge in [-0.25, -0.2) is 9.97 Å². The minimum Gasteiger partial charge on any atom is -0.383 e. The molecule has 0 radical (unpaired) electrons. The van der Waals surface area contributed by atoms with Crippen molar-refractivity contribution in [1.82, 2.24) is 14.5 Å². The molecule has 8 heteroatoms. The molecule has 5 rings (SSSR count). The highest BCUT2D eigenvalue weighted by atomic mass is 35.5. The first-order valence-electron chi connectivity index (χ1n) is 9.68. The second-order valence-corrected chi connectivity index (χ2v) is 8.55. The number of hydrogen-bond acceptors (Lipinski definition) is 6. The summed E-state index contributed by atoms with van der Waals surface area (Å²) in [6.45, 7) is 6.00. The van der Waals surface area contributed by atoms with E-state index < -0.39 is 5.79 Å². The predicted octanol–water partition coefficient (Wildman–Crippen LogP) is 3.89. The van der Waals surface area contributed by atoms with Crippen molar-refractivity contribution in [3.05, 3.63) is 53.4 Å². The molecular weight excluding hydrogens is 392 g/mol. The van der Waals surface area contributed by atoms with Gasteiger partial charge in [0.2, 0.25) is 0 Å². The van der Waals surface area contributed by atoms with Gasteiger partial charge < -0.3 is 24.5 Å². The fraction of sp³-hybridized carbons (Fsp3) is 0.429. The summed E-state index contributed by atoms with van der Waals surface area (Å²) >= 11 is 6.06. The zero-order chi connectivity index (χ0) is 20.3. The third-order valence-electron chi connectivity index (χ3n) is 5.77. The normalized spacial score (nSPS) is 29.2. The topological polar surface area (TPSA) is 84.4 Å². The van der Waals surface area contributed by atoms with Crippen molar-refractivity contribution in [2.24, 2.45) is 0 Å². The Bertz CT molecular complexity index is 1050. The van der Waals surface area contributed by atoms with Gasteiger partial charge in [0.15, 0.2) is 12.0 Å². The molecule has 2 saturated heterocycles. The first-order chi connectivity index (χ1) is 13.8. The zero-order valence-corrected chi connectivity index (χ0v) is 17.2. The average molecular weight is 415 g/mol. The maximum absolute atomic E-state index is 6.54. The van der Waals surface area contributed by atoms with E-state index in [1.807, 2.05) is 54.9 Å². The highest BCUT2D eigenvalue weighted by molar-refractivity contribution is 6.30. The highest BCUT2D eigenvalue weighted by Crippen LogP contribution is 2.47. The molecule has 1 aromatic carbocycles. The summed E-state index contributed by atoms with van der Waals surface area (Å²) in [6.07, 6.45) is 2.33. The Labute approximate surface area is 173 Å². The molecule has 2 fully saturated rings. The summed E-state index contributed by atoms with van der Waals surface area (Å²) in [4.78, 5) is 8.49. The SMILES string of the molecule is CC(c1ccc(Cl)cc1)[C@H]1O[C@@H](n2ccc3c(N)ncnc32)[C@@H]2OC(C)(C)O[C@@H]21. The van der Waals surface area contributed by atoms with Gasteiger partial charge in [0, 0.05) is 17.1 Å². The summed E-state index contributed by atoms with van der Waals surface area (Å²) in [7, 11) is 0. The number of halogens is 1. The number of benzene rings is 1. The number of nitrogens with zero attached hydrogens (tertiary/aromatic N) is 3. The third-order valence-corrected chi connectivity index (χ3v) is 6.02. The molecule has 0 saturated carbocycles. The number of nitrogen functional groups attached to an aromatic ring is 1. The van der Waals surface area contributed by atoms with Gasteiger partial charge in [0.05, 0.1) is 11.5 Å². The van der Waals surface area contributed by atoms with Crippen LogP contribution in [0.4, 0.5) is 5.82 Å².